The molecule has 0 fully saturated rings. The van der Waals surface area contributed by atoms with Gasteiger partial charge in [-0.2, -0.15) is 0 Å². The van der Waals surface area contributed by atoms with E-state index in [2.05, 4.69) is 10.3 Å². The van der Waals surface area contributed by atoms with Gasteiger partial charge in [-0.25, -0.2) is 17.8 Å². The van der Waals surface area contributed by atoms with E-state index in [0.29, 0.717) is 5.56 Å². The van der Waals surface area contributed by atoms with Gasteiger partial charge in [0.05, 0.1) is 17.5 Å². The number of anilines is 1. The standard InChI is InChI=1S/C21H20FN3O4S/c1-25(30(2,27)28)19-11-4-3-10-18(19)20(26)24-14-15-7-6-12-23-21(15)29-17-9-5-8-16(22)13-17/h3-13H,14H2,1-2H3,(H,24,26). The highest BCUT2D eigenvalue weighted by atomic mass is 32.2. The minimum Gasteiger partial charge on any atom is -0.439 e. The largest absolute Gasteiger partial charge is 0.439 e. The molecule has 30 heavy (non-hydrogen) atoms. The van der Waals surface area contributed by atoms with Crippen LogP contribution in [-0.4, -0.2) is 32.6 Å². The zero-order valence-electron chi connectivity index (χ0n) is 16.4. The molecule has 0 aliphatic carbocycles. The van der Waals surface area contributed by atoms with Gasteiger partial charge in [0.1, 0.15) is 11.6 Å². The minimum atomic E-state index is -3.53. The summed E-state index contributed by atoms with van der Waals surface area (Å²) in [6.45, 7) is 0.0776. The van der Waals surface area contributed by atoms with Crippen LogP contribution in [0.2, 0.25) is 0 Å². The number of hydrogen-bond donors (Lipinski definition) is 1. The molecule has 0 aliphatic rings. The maximum Gasteiger partial charge on any atom is 0.253 e. The number of carbonyl (C=O) groups excluding carboxylic acids is 1. The number of hydrogen-bond acceptors (Lipinski definition) is 5. The summed E-state index contributed by atoms with van der Waals surface area (Å²) < 4.78 is 43.8. The van der Waals surface area contributed by atoms with Crippen LogP contribution in [0, 0.1) is 5.82 Å². The number of benzene rings is 2. The summed E-state index contributed by atoms with van der Waals surface area (Å²) in [5, 5.41) is 2.75. The number of halogens is 1. The third kappa shape index (κ3) is 5.12. The van der Waals surface area contributed by atoms with Gasteiger partial charge in [0.25, 0.3) is 5.91 Å². The van der Waals surface area contributed by atoms with E-state index in [9.17, 15) is 17.6 Å². The van der Waals surface area contributed by atoms with E-state index >= 15 is 0 Å². The summed E-state index contributed by atoms with van der Waals surface area (Å²) in [5.74, 6) is -0.391. The fourth-order valence-electron chi connectivity index (χ4n) is 2.68. The predicted molar refractivity (Wildman–Crippen MR) is 112 cm³/mol. The minimum absolute atomic E-state index is 0.0776. The van der Waals surface area contributed by atoms with Gasteiger partial charge in [0, 0.05) is 31.4 Å². The fourth-order valence-corrected chi connectivity index (χ4v) is 3.20. The van der Waals surface area contributed by atoms with E-state index in [-0.39, 0.29) is 29.4 Å². The van der Waals surface area contributed by atoms with Gasteiger partial charge in [-0.15, -0.1) is 0 Å². The summed E-state index contributed by atoms with van der Waals surface area (Å²) in [6.07, 6.45) is 2.59. The number of rotatable bonds is 7. The highest BCUT2D eigenvalue weighted by Gasteiger charge is 2.19. The van der Waals surface area contributed by atoms with Gasteiger partial charge in [0.15, 0.2) is 0 Å². The predicted octanol–water partition coefficient (Wildman–Crippen LogP) is 3.34. The maximum absolute atomic E-state index is 13.4. The molecule has 3 rings (SSSR count). The van der Waals surface area contributed by atoms with Crippen molar-refractivity contribution in [2.45, 2.75) is 6.54 Å². The molecule has 2 aromatic carbocycles. The number of nitrogens with one attached hydrogen (secondary N) is 1. The summed E-state index contributed by atoms with van der Waals surface area (Å²) in [7, 11) is -2.15. The molecule has 1 heterocycles. The summed E-state index contributed by atoms with van der Waals surface area (Å²) >= 11 is 0. The second-order valence-electron chi connectivity index (χ2n) is 6.46. The number of nitrogens with zero attached hydrogens (tertiary/aromatic N) is 2. The Hall–Kier alpha value is -3.46. The molecule has 0 atom stereocenters. The number of pyridine rings is 1. The molecule has 0 saturated heterocycles. The van der Waals surface area contributed by atoms with Crippen LogP contribution in [0.25, 0.3) is 0 Å². The fraction of sp³-hybridized carbons (Fsp3) is 0.143. The van der Waals surface area contributed by atoms with Crippen molar-refractivity contribution in [3.63, 3.8) is 0 Å². The Morgan fingerprint density at radius 1 is 1.13 bits per heavy atom. The number of carbonyl (C=O) groups is 1. The van der Waals surface area contributed by atoms with Crippen molar-refractivity contribution in [1.29, 1.82) is 0 Å². The Balaban J connectivity index is 1.78. The van der Waals surface area contributed by atoms with Gasteiger partial charge in [0.2, 0.25) is 15.9 Å². The molecule has 0 aliphatic heterocycles. The Bertz CT molecular complexity index is 1170. The van der Waals surface area contributed by atoms with E-state index in [1.165, 1.54) is 31.4 Å². The lowest BCUT2D eigenvalue weighted by Crippen LogP contribution is -2.29. The van der Waals surface area contributed by atoms with Crippen molar-refractivity contribution >= 4 is 21.6 Å². The average molecular weight is 429 g/mol. The maximum atomic E-state index is 13.4. The molecule has 0 saturated carbocycles. The van der Waals surface area contributed by atoms with Crippen LogP contribution in [0.1, 0.15) is 15.9 Å². The van der Waals surface area contributed by atoms with Crippen LogP contribution < -0.4 is 14.4 Å². The number of ether oxygens (including phenoxy) is 1. The molecular weight excluding hydrogens is 409 g/mol. The number of aromatic nitrogens is 1. The molecule has 9 heteroatoms. The smallest absolute Gasteiger partial charge is 0.253 e. The molecule has 0 bridgehead atoms. The molecule has 0 spiro atoms. The Labute approximate surface area is 174 Å². The van der Waals surface area contributed by atoms with Gasteiger partial charge in [-0.3, -0.25) is 9.10 Å². The molecule has 3 aromatic rings. The molecular formula is C21H20FN3O4S. The lowest BCUT2D eigenvalue weighted by atomic mass is 10.1. The molecule has 1 aromatic heterocycles. The van der Waals surface area contributed by atoms with Crippen molar-refractivity contribution in [1.82, 2.24) is 10.3 Å². The van der Waals surface area contributed by atoms with Gasteiger partial charge in [-0.1, -0.05) is 24.3 Å². The van der Waals surface area contributed by atoms with E-state index in [0.717, 1.165) is 10.6 Å². The topological polar surface area (TPSA) is 88.6 Å². The van der Waals surface area contributed by atoms with Gasteiger partial charge < -0.3 is 10.1 Å². The van der Waals surface area contributed by atoms with Crippen molar-refractivity contribution in [3.05, 3.63) is 83.8 Å². The first kappa shape index (κ1) is 21.3. The molecule has 7 nitrogen and oxygen atoms in total. The van der Waals surface area contributed by atoms with E-state index < -0.39 is 21.7 Å². The molecule has 1 N–H and O–H groups in total. The first-order valence-electron chi connectivity index (χ1n) is 8.94. The zero-order valence-corrected chi connectivity index (χ0v) is 17.2. The lowest BCUT2D eigenvalue weighted by molar-refractivity contribution is 0.0951. The highest BCUT2D eigenvalue weighted by molar-refractivity contribution is 7.92. The zero-order chi connectivity index (χ0) is 21.7. The normalized spacial score (nSPS) is 11.0. The van der Waals surface area contributed by atoms with Crippen LogP contribution in [0.4, 0.5) is 10.1 Å². The van der Waals surface area contributed by atoms with Crippen LogP contribution >= 0.6 is 0 Å². The second kappa shape index (κ2) is 8.91. The Kier molecular flexibility index (Phi) is 6.31. The van der Waals surface area contributed by atoms with E-state index in [1.54, 1.807) is 42.5 Å². The first-order valence-corrected chi connectivity index (χ1v) is 10.8. The van der Waals surface area contributed by atoms with Crippen molar-refractivity contribution in [2.24, 2.45) is 0 Å². The van der Waals surface area contributed by atoms with Crippen LogP contribution in [0.3, 0.4) is 0 Å². The third-order valence-corrected chi connectivity index (χ3v) is 5.48. The molecule has 0 radical (unpaired) electrons. The molecule has 156 valence electrons. The third-order valence-electron chi connectivity index (χ3n) is 4.29. The van der Waals surface area contributed by atoms with Gasteiger partial charge in [-0.05, 0) is 30.3 Å². The second-order valence-corrected chi connectivity index (χ2v) is 8.47. The van der Waals surface area contributed by atoms with E-state index in [4.69, 9.17) is 4.74 Å². The number of para-hydroxylation sites is 1. The summed E-state index contributed by atoms with van der Waals surface area (Å²) in [5.41, 5.74) is 1.05. The lowest BCUT2D eigenvalue weighted by Gasteiger charge is -2.20. The monoisotopic (exact) mass is 429 g/mol. The molecule has 0 unspecified atom stereocenters. The number of amides is 1. The average Bonchev–Trinajstić information content (AvgIpc) is 2.71. The quantitative estimate of drug-likeness (QED) is 0.622. The van der Waals surface area contributed by atoms with Crippen LogP contribution in [0.5, 0.6) is 11.6 Å². The van der Waals surface area contributed by atoms with E-state index in [1.807, 2.05) is 0 Å². The summed E-state index contributed by atoms with van der Waals surface area (Å²) in [4.78, 5) is 16.9. The number of sulfonamides is 1. The summed E-state index contributed by atoms with van der Waals surface area (Å²) in [6, 6.07) is 15.4. The molecule has 1 amide bonds. The first-order chi connectivity index (χ1) is 14.3. The SMILES string of the molecule is CN(c1ccccc1C(=O)NCc1cccnc1Oc1cccc(F)c1)S(C)(=O)=O. The van der Waals surface area contributed by atoms with Crippen molar-refractivity contribution in [3.8, 4) is 11.6 Å². The van der Waals surface area contributed by atoms with Crippen molar-refractivity contribution < 1.29 is 22.3 Å². The van der Waals surface area contributed by atoms with Gasteiger partial charge >= 0.3 is 0 Å². The van der Waals surface area contributed by atoms with Crippen LogP contribution in [-0.2, 0) is 16.6 Å². The Morgan fingerprint density at radius 2 is 1.90 bits per heavy atom. The highest BCUT2D eigenvalue weighted by Crippen LogP contribution is 2.24. The van der Waals surface area contributed by atoms with Crippen molar-refractivity contribution in [2.75, 3.05) is 17.6 Å². The Morgan fingerprint density at radius 3 is 2.63 bits per heavy atom. The van der Waals surface area contributed by atoms with Crippen LogP contribution in [0.15, 0.2) is 66.9 Å².